The molecule has 1 aliphatic heterocycles. The highest BCUT2D eigenvalue weighted by atomic mass is 35.5. The molecule has 5 fully saturated rings. The Morgan fingerprint density at radius 2 is 1.72 bits per heavy atom. The summed E-state index contributed by atoms with van der Waals surface area (Å²) in [6, 6.07) is 15.0. The molecule has 0 unspecified atom stereocenters. The van der Waals surface area contributed by atoms with Gasteiger partial charge in [0.1, 0.15) is 11.3 Å². The molecule has 4 saturated carbocycles. The van der Waals surface area contributed by atoms with Gasteiger partial charge in [0, 0.05) is 49.2 Å². The summed E-state index contributed by atoms with van der Waals surface area (Å²) in [6.45, 7) is 2.15. The lowest BCUT2D eigenvalue weighted by atomic mass is 9.36. The number of likely N-dealkylation sites (tertiary alicyclic amines) is 1. The highest BCUT2D eigenvalue weighted by Gasteiger charge is 2.72. The maximum atomic E-state index is 11.8. The molecule has 1 aromatic carbocycles. The number of halogens is 1. The summed E-state index contributed by atoms with van der Waals surface area (Å²) in [6.07, 6.45) is 9.18. The molecule has 2 N–H and O–H groups in total. The smallest absolute Gasteiger partial charge is 0.267 e. The number of carbonyl (C=O) groups excluding carboxylic acids is 1. The summed E-state index contributed by atoms with van der Waals surface area (Å²) in [5.41, 5.74) is 8.93. The Morgan fingerprint density at radius 1 is 1.06 bits per heavy atom. The Kier molecular flexibility index (Phi) is 5.16. The molecule has 1 amide bonds. The Morgan fingerprint density at radius 3 is 2.31 bits per heavy atom. The predicted molar refractivity (Wildman–Crippen MR) is 126 cm³/mol. The van der Waals surface area contributed by atoms with E-state index in [0.29, 0.717) is 28.5 Å². The van der Waals surface area contributed by atoms with Crippen molar-refractivity contribution in [1.29, 1.82) is 0 Å². The average Bonchev–Trinajstić information content (AvgIpc) is 2.72. The minimum atomic E-state index is -0.476. The second-order valence-electron chi connectivity index (χ2n) is 10.4. The first-order valence-electron chi connectivity index (χ1n) is 11.6. The van der Waals surface area contributed by atoms with Crippen LogP contribution in [0.25, 0.3) is 0 Å². The van der Waals surface area contributed by atoms with E-state index in [-0.39, 0.29) is 18.0 Å². The quantitative estimate of drug-likeness (QED) is 0.741. The number of hydrogen-bond acceptors (Lipinski definition) is 4. The number of primary amides is 1. The number of hydrogen-bond donors (Lipinski definition) is 1. The fourth-order valence-corrected chi connectivity index (χ4v) is 7.72. The van der Waals surface area contributed by atoms with E-state index in [9.17, 15) is 4.79 Å². The number of fused-ring (bicyclic) bond motifs is 2. The molecule has 3 atom stereocenters. The second kappa shape index (κ2) is 7.54. The van der Waals surface area contributed by atoms with Crippen LogP contribution in [0.3, 0.4) is 0 Å². The molecule has 0 radical (unpaired) electrons. The van der Waals surface area contributed by atoms with Gasteiger partial charge in [0.05, 0.1) is 0 Å². The van der Waals surface area contributed by atoms with Crippen LogP contribution in [0.15, 0.2) is 48.7 Å². The normalized spacial score (nSPS) is 37.5. The molecule has 32 heavy (non-hydrogen) atoms. The van der Waals surface area contributed by atoms with Crippen molar-refractivity contribution in [3.8, 4) is 0 Å². The molecule has 2 heterocycles. The number of aromatic nitrogens is 1. The first-order valence-corrected chi connectivity index (χ1v) is 11.6. The zero-order valence-electron chi connectivity index (χ0n) is 18.6. The van der Waals surface area contributed by atoms with Crippen molar-refractivity contribution < 1.29 is 9.53 Å². The standard InChI is InChI=1S/C26H31N3O2.ClH/c1-31-26(19-10-11-28-22(12-19)23(27)30)20-8-5-9-21(26)14-29(13-20)25-15-24(16-25,17-25)18-6-3-2-4-7-18;/h2-4,6-7,10-12,20-21H,5,8-9,13-17H2,1H3,(H2,27,30);1H/t20-,21+,24?,25?,26+;. The molecule has 4 aliphatic carbocycles. The third kappa shape index (κ3) is 2.84. The van der Waals surface area contributed by atoms with Crippen molar-refractivity contribution in [3.63, 3.8) is 0 Å². The lowest BCUT2D eigenvalue weighted by Gasteiger charge is -2.76. The maximum Gasteiger partial charge on any atom is 0.267 e. The fraction of sp³-hybridized carbons (Fsp3) is 0.538. The molecule has 5 nitrogen and oxygen atoms in total. The van der Waals surface area contributed by atoms with Gasteiger partial charge < -0.3 is 10.5 Å². The molecule has 0 spiro atoms. The second-order valence-corrected chi connectivity index (χ2v) is 10.4. The SMILES string of the molecule is CO[C@@]1(c2ccnc(C(N)=O)c2)[C@@H]2CCC[C@H]1CN(C13CC(c4ccccc4)(C1)C3)C2.Cl. The lowest BCUT2D eigenvalue weighted by Crippen LogP contribution is -2.79. The van der Waals surface area contributed by atoms with Crippen LogP contribution < -0.4 is 5.73 Å². The van der Waals surface area contributed by atoms with Gasteiger partial charge in [-0.1, -0.05) is 36.8 Å². The number of piperidine rings is 1. The van der Waals surface area contributed by atoms with E-state index in [4.69, 9.17) is 10.5 Å². The number of carbonyl (C=O) groups is 1. The summed E-state index contributed by atoms with van der Waals surface area (Å²) in [5.74, 6) is 0.375. The van der Waals surface area contributed by atoms with Crippen LogP contribution in [-0.4, -0.2) is 41.5 Å². The maximum absolute atomic E-state index is 11.8. The number of rotatable bonds is 5. The minimum absolute atomic E-state index is 0. The highest BCUT2D eigenvalue weighted by molar-refractivity contribution is 5.90. The van der Waals surface area contributed by atoms with Gasteiger partial charge in [-0.15, -0.1) is 12.4 Å². The van der Waals surface area contributed by atoms with E-state index in [1.165, 1.54) is 31.2 Å². The monoisotopic (exact) mass is 453 g/mol. The van der Waals surface area contributed by atoms with Crippen LogP contribution in [0, 0.1) is 11.8 Å². The highest BCUT2D eigenvalue weighted by Crippen LogP contribution is 2.71. The molecule has 1 aromatic heterocycles. The zero-order chi connectivity index (χ0) is 21.3. The third-order valence-corrected chi connectivity index (χ3v) is 9.06. The molecule has 2 aromatic rings. The van der Waals surface area contributed by atoms with Crippen LogP contribution in [0.2, 0.25) is 0 Å². The van der Waals surface area contributed by atoms with Crippen molar-refractivity contribution in [2.24, 2.45) is 17.6 Å². The molecule has 5 aliphatic rings. The van der Waals surface area contributed by atoms with E-state index in [1.54, 1.807) is 6.20 Å². The van der Waals surface area contributed by atoms with Gasteiger partial charge in [-0.2, -0.15) is 0 Å². The Labute approximate surface area is 196 Å². The first-order chi connectivity index (χ1) is 15.0. The summed E-state index contributed by atoms with van der Waals surface area (Å²) >= 11 is 0. The third-order valence-electron chi connectivity index (χ3n) is 9.06. The largest absolute Gasteiger partial charge is 0.373 e. The van der Waals surface area contributed by atoms with Crippen LogP contribution in [-0.2, 0) is 15.8 Å². The number of benzene rings is 1. The average molecular weight is 454 g/mol. The van der Waals surface area contributed by atoms with Gasteiger partial charge >= 0.3 is 0 Å². The van der Waals surface area contributed by atoms with Crippen LogP contribution in [0.5, 0.6) is 0 Å². The molecular weight excluding hydrogens is 422 g/mol. The summed E-state index contributed by atoms with van der Waals surface area (Å²) < 4.78 is 6.37. The molecule has 4 bridgehead atoms. The number of methoxy groups -OCH3 is 1. The van der Waals surface area contributed by atoms with Crippen molar-refractivity contribution >= 4 is 18.3 Å². The predicted octanol–water partition coefficient (Wildman–Crippen LogP) is 4.05. The van der Waals surface area contributed by atoms with Crippen LogP contribution in [0.1, 0.15) is 60.1 Å². The van der Waals surface area contributed by atoms with Gasteiger partial charge in [-0.25, -0.2) is 0 Å². The minimum Gasteiger partial charge on any atom is -0.373 e. The Bertz CT molecular complexity index is 993. The van der Waals surface area contributed by atoms with Gasteiger partial charge in [0.15, 0.2) is 0 Å². The number of ether oxygens (including phenoxy) is 1. The van der Waals surface area contributed by atoms with Crippen molar-refractivity contribution in [1.82, 2.24) is 9.88 Å². The van der Waals surface area contributed by atoms with Crippen molar-refractivity contribution in [2.75, 3.05) is 20.2 Å². The first kappa shape index (κ1) is 21.9. The molecule has 170 valence electrons. The Hall–Kier alpha value is -1.95. The molecule has 6 heteroatoms. The van der Waals surface area contributed by atoms with Gasteiger partial charge in [-0.05, 0) is 55.4 Å². The van der Waals surface area contributed by atoms with E-state index < -0.39 is 5.91 Å². The van der Waals surface area contributed by atoms with E-state index >= 15 is 0 Å². The zero-order valence-corrected chi connectivity index (χ0v) is 19.4. The van der Waals surface area contributed by atoms with E-state index in [1.807, 2.05) is 19.2 Å². The molecule has 1 saturated heterocycles. The van der Waals surface area contributed by atoms with Gasteiger partial charge in [-0.3, -0.25) is 14.7 Å². The van der Waals surface area contributed by atoms with Crippen LogP contribution >= 0.6 is 12.4 Å². The number of nitrogens with zero attached hydrogens (tertiary/aromatic N) is 2. The Balaban J connectivity index is 0.00000216. The number of pyridine rings is 1. The summed E-state index contributed by atoms with van der Waals surface area (Å²) in [5, 5.41) is 0. The summed E-state index contributed by atoms with van der Waals surface area (Å²) in [7, 11) is 1.84. The molecule has 7 rings (SSSR count). The summed E-state index contributed by atoms with van der Waals surface area (Å²) in [4.78, 5) is 18.7. The van der Waals surface area contributed by atoms with Crippen LogP contribution in [0.4, 0.5) is 0 Å². The fourth-order valence-electron chi connectivity index (χ4n) is 7.72. The topological polar surface area (TPSA) is 68.5 Å². The lowest BCUT2D eigenvalue weighted by molar-refractivity contribution is -0.236. The van der Waals surface area contributed by atoms with E-state index in [0.717, 1.165) is 31.5 Å². The van der Waals surface area contributed by atoms with Crippen molar-refractivity contribution in [3.05, 3.63) is 65.5 Å². The van der Waals surface area contributed by atoms with E-state index in [2.05, 4.69) is 40.2 Å². The van der Waals surface area contributed by atoms with Crippen molar-refractivity contribution in [2.45, 2.75) is 55.1 Å². The number of amides is 1. The molecular formula is C26H32ClN3O2. The number of nitrogens with two attached hydrogens (primary N) is 1. The van der Waals surface area contributed by atoms with Gasteiger partial charge in [0.2, 0.25) is 0 Å². The van der Waals surface area contributed by atoms with Gasteiger partial charge in [0.25, 0.3) is 5.91 Å².